The summed E-state index contributed by atoms with van der Waals surface area (Å²) in [6.07, 6.45) is 0. The minimum atomic E-state index is -0.917. The van der Waals surface area contributed by atoms with Crippen LogP contribution in [-0.4, -0.2) is 64.1 Å². The first-order valence-electron chi connectivity index (χ1n) is 11.9. The lowest BCUT2D eigenvalue weighted by atomic mass is 10.1. The second-order valence-corrected chi connectivity index (χ2v) is 9.52. The summed E-state index contributed by atoms with van der Waals surface area (Å²) in [6, 6.07) is 13.3. The molecule has 0 saturated carbocycles. The van der Waals surface area contributed by atoms with Gasteiger partial charge in [-0.15, -0.1) is 11.8 Å². The molecule has 4 rings (SSSR count). The summed E-state index contributed by atoms with van der Waals surface area (Å²) in [6.45, 7) is 0. The Kier molecular flexibility index (Phi) is 8.70. The first-order chi connectivity index (χ1) is 18.9. The van der Waals surface area contributed by atoms with Crippen LogP contribution in [0.3, 0.4) is 0 Å². The molecule has 3 aromatic rings. The van der Waals surface area contributed by atoms with Crippen molar-refractivity contribution in [1.29, 1.82) is 0 Å². The van der Waals surface area contributed by atoms with Crippen LogP contribution in [0, 0.1) is 5.82 Å². The third kappa shape index (κ3) is 5.53. The number of carbonyl (C=O) groups excluding carboxylic acids is 2. The molecular weight excluding hydrogens is 527 g/mol. The molecule has 1 heterocycles. The van der Waals surface area contributed by atoms with Crippen molar-refractivity contribution in [3.8, 4) is 28.7 Å². The summed E-state index contributed by atoms with van der Waals surface area (Å²) in [5.41, 5.74) is 0.975. The first kappa shape index (κ1) is 27.9. The lowest BCUT2D eigenvalue weighted by Crippen LogP contribution is -2.45. The summed E-state index contributed by atoms with van der Waals surface area (Å²) in [4.78, 5) is 29.1. The van der Waals surface area contributed by atoms with E-state index in [1.54, 1.807) is 18.2 Å². The number of nitrogens with zero attached hydrogens (tertiary/aromatic N) is 1. The Morgan fingerprint density at radius 3 is 2.08 bits per heavy atom. The van der Waals surface area contributed by atoms with Crippen molar-refractivity contribution in [2.75, 3.05) is 46.6 Å². The number of hydrogen-bond donors (Lipinski definition) is 1. The van der Waals surface area contributed by atoms with E-state index in [-0.39, 0.29) is 17.0 Å². The number of carbonyl (C=O) groups is 2. The molecule has 0 radical (unpaired) electrons. The van der Waals surface area contributed by atoms with Gasteiger partial charge in [0, 0.05) is 11.3 Å². The molecule has 2 unspecified atom stereocenters. The third-order valence-electron chi connectivity index (χ3n) is 6.27. The standard InChI is InChI=1S/C28H29FN2O7S/c1-34-21-11-10-16(12-22(21)35-2)28-31(20(15-39-28)26(32)30-19-9-7-6-8-18(19)29)27(33)17-13-23(36-3)25(38-5)24(14-17)37-4/h6-14,20,28H,15H2,1-5H3,(H,30,32). The minimum Gasteiger partial charge on any atom is -0.493 e. The molecule has 2 amide bonds. The molecule has 0 aliphatic carbocycles. The summed E-state index contributed by atoms with van der Waals surface area (Å²) >= 11 is 1.40. The van der Waals surface area contributed by atoms with E-state index in [0.29, 0.717) is 28.7 Å². The molecule has 11 heteroatoms. The van der Waals surface area contributed by atoms with Crippen molar-refractivity contribution >= 4 is 29.3 Å². The van der Waals surface area contributed by atoms with Crippen LogP contribution < -0.4 is 29.0 Å². The molecule has 1 aliphatic rings. The predicted molar refractivity (Wildman–Crippen MR) is 146 cm³/mol. The summed E-state index contributed by atoms with van der Waals surface area (Å²) in [7, 11) is 7.43. The number of ether oxygens (including phenoxy) is 5. The number of anilines is 1. The highest BCUT2D eigenvalue weighted by Crippen LogP contribution is 2.46. The van der Waals surface area contributed by atoms with Crippen LogP contribution in [0.1, 0.15) is 21.3 Å². The van der Waals surface area contributed by atoms with Gasteiger partial charge in [-0.1, -0.05) is 18.2 Å². The van der Waals surface area contributed by atoms with Gasteiger partial charge in [-0.05, 0) is 42.0 Å². The summed E-state index contributed by atoms with van der Waals surface area (Å²) in [5, 5.41) is 2.07. The molecule has 1 fully saturated rings. The molecule has 1 N–H and O–H groups in total. The van der Waals surface area contributed by atoms with Crippen LogP contribution in [0.25, 0.3) is 0 Å². The zero-order valence-electron chi connectivity index (χ0n) is 22.1. The van der Waals surface area contributed by atoms with Crippen LogP contribution in [-0.2, 0) is 4.79 Å². The van der Waals surface area contributed by atoms with Crippen molar-refractivity contribution in [3.63, 3.8) is 0 Å². The van der Waals surface area contributed by atoms with Crippen molar-refractivity contribution in [2.45, 2.75) is 11.4 Å². The number of benzene rings is 3. The van der Waals surface area contributed by atoms with E-state index in [0.717, 1.165) is 5.56 Å². The van der Waals surface area contributed by atoms with Gasteiger partial charge in [0.15, 0.2) is 23.0 Å². The van der Waals surface area contributed by atoms with Crippen LogP contribution in [0.15, 0.2) is 54.6 Å². The average molecular weight is 557 g/mol. The summed E-state index contributed by atoms with van der Waals surface area (Å²) < 4.78 is 41.4. The molecule has 39 heavy (non-hydrogen) atoms. The van der Waals surface area contributed by atoms with Crippen molar-refractivity contribution in [2.24, 2.45) is 0 Å². The van der Waals surface area contributed by atoms with Gasteiger partial charge in [0.25, 0.3) is 5.91 Å². The van der Waals surface area contributed by atoms with E-state index in [2.05, 4.69) is 5.32 Å². The molecule has 0 aromatic heterocycles. The summed E-state index contributed by atoms with van der Waals surface area (Å²) in [5.74, 6) is 0.659. The molecule has 206 valence electrons. The lowest BCUT2D eigenvalue weighted by Gasteiger charge is -2.30. The van der Waals surface area contributed by atoms with Crippen LogP contribution in [0.2, 0.25) is 0 Å². The Hall–Kier alpha value is -4.12. The normalized spacial score (nSPS) is 16.4. The Morgan fingerprint density at radius 2 is 1.49 bits per heavy atom. The highest BCUT2D eigenvalue weighted by molar-refractivity contribution is 7.99. The van der Waals surface area contributed by atoms with Gasteiger partial charge in [-0.3, -0.25) is 9.59 Å². The van der Waals surface area contributed by atoms with Gasteiger partial charge in [-0.2, -0.15) is 0 Å². The SMILES string of the molecule is COc1ccc(C2SCC(C(=O)Nc3ccccc3F)N2C(=O)c2cc(OC)c(OC)c(OC)c2)cc1OC. The monoisotopic (exact) mass is 556 g/mol. The molecule has 1 aliphatic heterocycles. The Labute approximate surface area is 230 Å². The Morgan fingerprint density at radius 1 is 0.846 bits per heavy atom. The van der Waals surface area contributed by atoms with Crippen LogP contribution >= 0.6 is 11.8 Å². The van der Waals surface area contributed by atoms with Crippen molar-refractivity contribution in [1.82, 2.24) is 4.90 Å². The zero-order valence-corrected chi connectivity index (χ0v) is 23.0. The maximum Gasteiger partial charge on any atom is 0.256 e. The fourth-order valence-corrected chi connectivity index (χ4v) is 5.77. The van der Waals surface area contributed by atoms with E-state index >= 15 is 0 Å². The molecule has 2 atom stereocenters. The van der Waals surface area contributed by atoms with E-state index in [1.165, 1.54) is 82.5 Å². The quantitative estimate of drug-likeness (QED) is 0.403. The van der Waals surface area contributed by atoms with Crippen LogP contribution in [0.5, 0.6) is 28.7 Å². The molecule has 3 aromatic carbocycles. The number of rotatable bonds is 9. The number of methoxy groups -OCH3 is 5. The van der Waals surface area contributed by atoms with Gasteiger partial charge in [-0.25, -0.2) is 4.39 Å². The maximum atomic E-state index is 14.3. The minimum absolute atomic E-state index is 0.0299. The van der Waals surface area contributed by atoms with Crippen molar-refractivity contribution < 1.29 is 37.7 Å². The van der Waals surface area contributed by atoms with Crippen molar-refractivity contribution in [3.05, 3.63) is 71.5 Å². The average Bonchev–Trinajstić information content (AvgIpc) is 3.42. The number of nitrogens with one attached hydrogen (secondary N) is 1. The van der Waals surface area contributed by atoms with Gasteiger partial charge in [0.05, 0.1) is 41.2 Å². The second kappa shape index (κ2) is 12.2. The molecular formula is C28H29FN2O7S. The number of amides is 2. The fourth-order valence-electron chi connectivity index (χ4n) is 4.35. The molecule has 9 nitrogen and oxygen atoms in total. The maximum absolute atomic E-state index is 14.3. The zero-order chi connectivity index (χ0) is 28.1. The molecule has 0 bridgehead atoms. The third-order valence-corrected chi connectivity index (χ3v) is 7.60. The topological polar surface area (TPSA) is 95.6 Å². The van der Waals surface area contributed by atoms with E-state index in [9.17, 15) is 14.0 Å². The van der Waals surface area contributed by atoms with Gasteiger partial charge < -0.3 is 33.9 Å². The molecule has 0 spiro atoms. The van der Waals surface area contributed by atoms with E-state index < -0.39 is 29.0 Å². The smallest absolute Gasteiger partial charge is 0.256 e. The Bertz CT molecular complexity index is 1340. The van der Waals surface area contributed by atoms with Gasteiger partial charge in [0.1, 0.15) is 17.2 Å². The van der Waals surface area contributed by atoms with Crippen LogP contribution in [0.4, 0.5) is 10.1 Å². The first-order valence-corrected chi connectivity index (χ1v) is 12.9. The number of para-hydroxylation sites is 1. The van der Waals surface area contributed by atoms with Gasteiger partial charge >= 0.3 is 0 Å². The molecule has 1 saturated heterocycles. The number of thioether (sulfide) groups is 1. The lowest BCUT2D eigenvalue weighted by molar-refractivity contribution is -0.119. The second-order valence-electron chi connectivity index (χ2n) is 8.41. The number of hydrogen-bond acceptors (Lipinski definition) is 8. The predicted octanol–water partition coefficient (Wildman–Crippen LogP) is 4.76. The highest BCUT2D eigenvalue weighted by atomic mass is 32.2. The Balaban J connectivity index is 1.78. The number of halogens is 1. The van der Waals surface area contributed by atoms with E-state index in [1.807, 2.05) is 6.07 Å². The largest absolute Gasteiger partial charge is 0.493 e. The van der Waals surface area contributed by atoms with E-state index in [4.69, 9.17) is 23.7 Å². The van der Waals surface area contributed by atoms with Gasteiger partial charge in [0.2, 0.25) is 11.7 Å². The highest BCUT2D eigenvalue weighted by Gasteiger charge is 2.43. The fraction of sp³-hybridized carbons (Fsp3) is 0.286.